The molecule has 0 radical (unpaired) electrons. The van der Waals surface area contributed by atoms with E-state index in [0.29, 0.717) is 36.8 Å². The number of rotatable bonds is 14. The minimum Gasteiger partial charge on any atom is -0.481 e. The third-order valence-corrected chi connectivity index (χ3v) is 8.38. The lowest BCUT2D eigenvalue weighted by Gasteiger charge is -2.26. The summed E-state index contributed by atoms with van der Waals surface area (Å²) in [5.41, 5.74) is 8.62. The summed E-state index contributed by atoms with van der Waals surface area (Å²) in [5, 5.41) is 10.1. The Morgan fingerprint density at radius 2 is 1.33 bits per heavy atom. The summed E-state index contributed by atoms with van der Waals surface area (Å²) in [7, 11) is 0. The second-order valence-electron chi connectivity index (χ2n) is 13.3. The van der Waals surface area contributed by atoms with Gasteiger partial charge in [0.2, 0.25) is 0 Å². The van der Waals surface area contributed by atoms with Gasteiger partial charge in [-0.1, -0.05) is 94.4 Å². The number of nitrogens with zero attached hydrogens (tertiary/aromatic N) is 2. The van der Waals surface area contributed by atoms with Crippen LogP contribution in [0.4, 0.5) is 5.69 Å². The maximum atomic E-state index is 13.9. The van der Waals surface area contributed by atoms with E-state index in [-0.39, 0.29) is 12.3 Å². The molecule has 1 heterocycles. The molecule has 238 valence electrons. The van der Waals surface area contributed by atoms with Gasteiger partial charge in [0, 0.05) is 42.3 Å². The molecule has 0 saturated heterocycles. The number of hydrogen-bond acceptors (Lipinski definition) is 3. The summed E-state index contributed by atoms with van der Waals surface area (Å²) in [4.78, 5) is 27.4. The van der Waals surface area contributed by atoms with Gasteiger partial charge in [-0.3, -0.25) is 14.2 Å². The van der Waals surface area contributed by atoms with Gasteiger partial charge in [-0.2, -0.15) is 0 Å². The van der Waals surface area contributed by atoms with E-state index in [0.717, 1.165) is 47.1 Å². The number of hydrogen-bond donors (Lipinski definition) is 1. The quantitative estimate of drug-likeness (QED) is 0.135. The first-order chi connectivity index (χ1) is 22.2. The molecule has 0 unspecified atom stereocenters. The van der Waals surface area contributed by atoms with Crippen molar-refractivity contribution in [2.75, 3.05) is 4.90 Å². The van der Waals surface area contributed by atoms with Gasteiger partial charge in [-0.15, -0.1) is 0 Å². The van der Waals surface area contributed by atoms with Crippen LogP contribution in [0.15, 0.2) is 103 Å². The van der Waals surface area contributed by atoms with Gasteiger partial charge < -0.3 is 10.0 Å². The van der Waals surface area contributed by atoms with Crippen LogP contribution in [0.1, 0.15) is 78.7 Å². The number of carbonyl (C=O) groups is 2. The van der Waals surface area contributed by atoms with Crippen molar-refractivity contribution in [1.82, 2.24) is 4.57 Å². The van der Waals surface area contributed by atoms with Crippen molar-refractivity contribution >= 4 is 28.5 Å². The molecule has 0 aliphatic rings. The van der Waals surface area contributed by atoms with Crippen molar-refractivity contribution in [3.63, 3.8) is 0 Å². The van der Waals surface area contributed by atoms with Crippen LogP contribution in [0.5, 0.6) is 0 Å². The van der Waals surface area contributed by atoms with Crippen LogP contribution >= 0.6 is 0 Å². The average Bonchev–Trinajstić information content (AvgIpc) is 3.39. The highest BCUT2D eigenvalue weighted by Gasteiger charge is 2.17. The summed E-state index contributed by atoms with van der Waals surface area (Å²) in [6.07, 6.45) is 5.25. The number of carbonyl (C=O) groups excluding carboxylic acids is 1. The molecule has 5 heteroatoms. The number of benzene rings is 4. The number of anilines is 1. The Morgan fingerprint density at radius 3 is 1.98 bits per heavy atom. The zero-order valence-corrected chi connectivity index (χ0v) is 27.6. The molecular formula is C41H46N2O3. The first-order valence-electron chi connectivity index (χ1n) is 16.5. The third-order valence-electron chi connectivity index (χ3n) is 8.38. The zero-order valence-electron chi connectivity index (χ0n) is 27.6. The number of para-hydroxylation sites is 1. The molecule has 0 saturated carbocycles. The standard InChI is InChI=1S/C41H46N2O3/c1-29(2)23-31-15-17-33(18-16-31)26-42(37-21-19-32(20-22-37)24-30(3)4)27-34-9-7-10-35(25-34)41(46)43-28-36(11-8-14-40(44)45)38-12-5-6-13-39(38)43/h5-7,9-10,12-13,15-22,25,28-30H,8,11,14,23-24,26-27H2,1-4H3,(H,44,45). The van der Waals surface area contributed by atoms with Gasteiger partial charge in [-0.25, -0.2) is 0 Å². The van der Waals surface area contributed by atoms with Crippen molar-refractivity contribution < 1.29 is 14.7 Å². The highest BCUT2D eigenvalue weighted by molar-refractivity contribution is 6.03. The van der Waals surface area contributed by atoms with Crippen LogP contribution in [-0.2, 0) is 37.1 Å². The monoisotopic (exact) mass is 614 g/mol. The van der Waals surface area contributed by atoms with Gasteiger partial charge >= 0.3 is 5.97 Å². The van der Waals surface area contributed by atoms with E-state index < -0.39 is 5.97 Å². The van der Waals surface area contributed by atoms with E-state index >= 15 is 0 Å². The van der Waals surface area contributed by atoms with E-state index in [1.54, 1.807) is 4.57 Å². The van der Waals surface area contributed by atoms with Crippen molar-refractivity contribution in [1.29, 1.82) is 0 Å². The average molecular weight is 615 g/mol. The summed E-state index contributed by atoms with van der Waals surface area (Å²) >= 11 is 0. The van der Waals surface area contributed by atoms with Crippen LogP contribution < -0.4 is 4.90 Å². The molecule has 0 amide bonds. The molecule has 5 nitrogen and oxygen atoms in total. The Labute approximate surface area is 273 Å². The van der Waals surface area contributed by atoms with Gasteiger partial charge in [0.05, 0.1) is 5.52 Å². The highest BCUT2D eigenvalue weighted by atomic mass is 16.4. The smallest absolute Gasteiger partial charge is 0.303 e. The van der Waals surface area contributed by atoms with Crippen LogP contribution in [-0.4, -0.2) is 21.6 Å². The number of carboxylic acid groups (broad SMARTS) is 1. The topological polar surface area (TPSA) is 62.5 Å². The molecule has 5 rings (SSSR count). The molecule has 46 heavy (non-hydrogen) atoms. The molecule has 0 atom stereocenters. The zero-order chi connectivity index (χ0) is 32.6. The largest absolute Gasteiger partial charge is 0.481 e. The molecule has 0 aliphatic carbocycles. The van der Waals surface area contributed by atoms with E-state index in [2.05, 4.69) is 87.2 Å². The number of aliphatic carboxylic acids is 1. The van der Waals surface area contributed by atoms with E-state index in [4.69, 9.17) is 5.11 Å². The van der Waals surface area contributed by atoms with Crippen LogP contribution in [0.25, 0.3) is 10.9 Å². The minimum absolute atomic E-state index is 0.0899. The number of aryl methyl sites for hydroxylation is 1. The van der Waals surface area contributed by atoms with E-state index in [1.807, 2.05) is 48.7 Å². The molecule has 4 aromatic carbocycles. The second-order valence-corrected chi connectivity index (χ2v) is 13.3. The van der Waals surface area contributed by atoms with Gasteiger partial charge in [0.15, 0.2) is 0 Å². The third kappa shape index (κ3) is 8.54. The predicted molar refractivity (Wildman–Crippen MR) is 189 cm³/mol. The molecule has 1 aromatic heterocycles. The first-order valence-corrected chi connectivity index (χ1v) is 16.5. The van der Waals surface area contributed by atoms with Crippen molar-refractivity contribution in [3.05, 3.63) is 137 Å². The fourth-order valence-corrected chi connectivity index (χ4v) is 6.23. The summed E-state index contributed by atoms with van der Waals surface area (Å²) in [5.74, 6) is 0.327. The molecule has 0 fully saturated rings. The second kappa shape index (κ2) is 15.1. The fourth-order valence-electron chi connectivity index (χ4n) is 6.23. The molecular weight excluding hydrogens is 568 g/mol. The van der Waals surface area contributed by atoms with Gasteiger partial charge in [0.1, 0.15) is 0 Å². The molecule has 0 aliphatic heterocycles. The van der Waals surface area contributed by atoms with Gasteiger partial charge in [-0.05, 0) is 95.7 Å². The maximum Gasteiger partial charge on any atom is 0.303 e. The Bertz CT molecular complexity index is 1760. The summed E-state index contributed by atoms with van der Waals surface area (Å²) in [6.45, 7) is 10.4. The van der Waals surface area contributed by atoms with E-state index in [1.165, 1.54) is 16.7 Å². The Hall–Kier alpha value is -4.64. The Balaban J connectivity index is 1.41. The molecule has 5 aromatic rings. The first kappa shape index (κ1) is 32.7. The Morgan fingerprint density at radius 1 is 0.717 bits per heavy atom. The normalized spacial score (nSPS) is 11.4. The van der Waals surface area contributed by atoms with Crippen molar-refractivity contribution in [2.45, 2.75) is 72.9 Å². The Kier molecular flexibility index (Phi) is 10.7. The molecule has 0 spiro atoms. The molecule has 1 N–H and O–H groups in total. The lowest BCUT2D eigenvalue weighted by molar-refractivity contribution is -0.137. The predicted octanol–water partition coefficient (Wildman–Crippen LogP) is 9.34. The van der Waals surface area contributed by atoms with Crippen LogP contribution in [0.2, 0.25) is 0 Å². The summed E-state index contributed by atoms with van der Waals surface area (Å²) < 4.78 is 1.72. The van der Waals surface area contributed by atoms with Crippen LogP contribution in [0.3, 0.4) is 0 Å². The maximum absolute atomic E-state index is 13.9. The number of carboxylic acids is 1. The molecule has 0 bridgehead atoms. The number of aromatic nitrogens is 1. The number of fused-ring (bicyclic) bond motifs is 1. The van der Waals surface area contributed by atoms with Crippen molar-refractivity contribution in [3.8, 4) is 0 Å². The fraction of sp³-hybridized carbons (Fsp3) is 0.317. The highest BCUT2D eigenvalue weighted by Crippen LogP contribution is 2.26. The van der Waals surface area contributed by atoms with Gasteiger partial charge in [0.25, 0.3) is 5.91 Å². The lowest BCUT2D eigenvalue weighted by atomic mass is 10.0. The van der Waals surface area contributed by atoms with Crippen LogP contribution in [0, 0.1) is 11.8 Å². The van der Waals surface area contributed by atoms with E-state index in [9.17, 15) is 9.59 Å². The minimum atomic E-state index is -0.805. The SMILES string of the molecule is CC(C)Cc1ccc(CN(Cc2cccc(C(=O)n3cc(CCCC(=O)O)c4ccccc43)c2)c2ccc(CC(C)C)cc2)cc1. The summed E-state index contributed by atoms with van der Waals surface area (Å²) in [6, 6.07) is 33.7. The van der Waals surface area contributed by atoms with Crippen molar-refractivity contribution in [2.24, 2.45) is 11.8 Å². The lowest BCUT2D eigenvalue weighted by Crippen LogP contribution is -2.22.